The van der Waals surface area contributed by atoms with E-state index in [1.54, 1.807) is 118 Å². The Morgan fingerprint density at radius 2 is 0.917 bits per heavy atom. The third-order valence-corrected chi connectivity index (χ3v) is 18.6. The first-order valence-corrected chi connectivity index (χ1v) is 40.0. The van der Waals surface area contributed by atoms with Gasteiger partial charge in [0.1, 0.15) is 47.4 Å². The van der Waals surface area contributed by atoms with Gasteiger partial charge in [-0.25, -0.2) is 36.9 Å². The molecule has 0 radical (unpaired) electrons. The SMILES string of the molecule is CC(=O)c1ccc(F)c([N+](=O)[O-])c1.CC(=O)c1ccc(Nc2ccc(F)cc2)c(N)c1.CC(=O)c1ccc(Nc2ccc(F)cc2)c([N+](=O)[O-])c1.CC(=O)c1ccc2c(c1)ncn2-c1ccc(F)cc1.CCO.CCO.COC(OC)OC.Nc1ccc(F)cc1.O=C(c1nccs1)N1CCN(C2CNC2)CC1.OC(O)c1ccc2c(c1)ncn2-c1ccc(F)cc1.[2H]CF.[NH-]O.[Na+]. The number of ether oxygens (including phenoxy) is 3. The van der Waals surface area contributed by atoms with Gasteiger partial charge in [0.05, 0.1) is 51.8 Å². The number of hydrogen-bond donors (Lipinski definition) is 10. The number of nitro benzene ring substituents is 2. The quantitative estimate of drug-likeness (QED) is 0.00725. The summed E-state index contributed by atoms with van der Waals surface area (Å²) < 4.78 is 109. The number of benzene rings is 10. The third kappa shape index (κ3) is 37.5. The van der Waals surface area contributed by atoms with E-state index < -0.39 is 47.1 Å². The first-order valence-electron chi connectivity index (χ1n) is 39.8. The van der Waals surface area contributed by atoms with E-state index in [1.807, 2.05) is 25.5 Å². The second-order valence-electron chi connectivity index (χ2n) is 26.9. The van der Waals surface area contributed by atoms with Crippen LogP contribution in [0.15, 0.2) is 237 Å². The average Bonchev–Trinajstić information content (AvgIpc) is 1.66. The van der Waals surface area contributed by atoms with E-state index in [4.69, 9.17) is 44.4 Å². The minimum Gasteiger partial charge on any atom is -0.553 e. The Balaban J connectivity index is 0.000000390. The molecule has 41 heteroatoms. The molecule has 15 rings (SSSR count). The van der Waals surface area contributed by atoms with E-state index in [9.17, 15) is 74.9 Å². The molecule has 132 heavy (non-hydrogen) atoms. The van der Waals surface area contributed by atoms with Crippen LogP contribution in [0.5, 0.6) is 0 Å². The zero-order chi connectivity index (χ0) is 98.1. The summed E-state index contributed by atoms with van der Waals surface area (Å²) in [5.74, 6) is 1.81. The predicted octanol–water partition coefficient (Wildman–Crippen LogP) is 14.0. The monoisotopic (exact) mass is 1860 g/mol. The molecule has 0 spiro atoms. The summed E-state index contributed by atoms with van der Waals surface area (Å²) in [6, 6.07) is 52.7. The van der Waals surface area contributed by atoms with Crippen molar-refractivity contribution in [2.75, 3.05) is 103 Å². The number of hydrogen-bond acceptors (Lipinski definition) is 27. The first-order chi connectivity index (χ1) is 63.1. The van der Waals surface area contributed by atoms with Crippen LogP contribution in [-0.2, 0) is 14.2 Å². The van der Waals surface area contributed by atoms with Crippen molar-refractivity contribution in [3.05, 3.63) is 330 Å². The zero-order valence-corrected chi connectivity index (χ0v) is 76.3. The molecule has 0 aliphatic carbocycles. The second kappa shape index (κ2) is 60.0. The Hall–Kier alpha value is -13.0. The first kappa shape index (κ1) is 111. The molecule has 5 heterocycles. The van der Waals surface area contributed by atoms with Crippen molar-refractivity contribution in [1.29, 1.82) is 0 Å². The summed E-state index contributed by atoms with van der Waals surface area (Å²) >= 11 is 1.42. The number of rotatable bonds is 18. The van der Waals surface area contributed by atoms with Crippen molar-refractivity contribution in [1.82, 2.24) is 39.2 Å². The van der Waals surface area contributed by atoms with Gasteiger partial charge in [0.25, 0.3) is 18.1 Å². The van der Waals surface area contributed by atoms with E-state index in [0.29, 0.717) is 56.0 Å². The Labute approximate surface area is 783 Å². The number of nitrogens with two attached hydrogens (primary N) is 2. The number of nitrogens with one attached hydrogen (secondary N) is 4. The fourth-order valence-corrected chi connectivity index (χ4v) is 11.8. The number of aromatic nitrogens is 5. The van der Waals surface area contributed by atoms with Gasteiger partial charge in [0.15, 0.2) is 34.4 Å². The molecule has 698 valence electrons. The van der Waals surface area contributed by atoms with E-state index in [0.717, 1.165) is 85.0 Å². The minimum atomic E-state index is -1.51. The van der Waals surface area contributed by atoms with Gasteiger partial charge in [0, 0.05) is 160 Å². The molecule has 10 aromatic carbocycles. The van der Waals surface area contributed by atoms with E-state index in [2.05, 4.69) is 50.0 Å². The number of aliphatic hydroxyl groups is 4. The summed E-state index contributed by atoms with van der Waals surface area (Å²) in [4.78, 5) is 93.4. The Kier molecular flexibility index (Phi) is 50.6. The van der Waals surface area contributed by atoms with Crippen molar-refractivity contribution >= 4 is 108 Å². The number of halogens is 7. The number of methoxy groups -OCH3 is 3. The number of Topliss-reactive ketones (excluding diaryl/α,β-unsaturated/α-hetero) is 4. The van der Waals surface area contributed by atoms with E-state index in [1.165, 1.54) is 170 Å². The number of carbonyl (C=O) groups excluding carboxylic acids is 5. The van der Waals surface area contributed by atoms with Gasteiger partial charge in [-0.2, -0.15) is 4.39 Å². The van der Waals surface area contributed by atoms with Gasteiger partial charge in [-0.15, -0.1) is 11.3 Å². The van der Waals surface area contributed by atoms with Crippen LogP contribution >= 0.6 is 11.3 Å². The Morgan fingerprint density at radius 1 is 0.545 bits per heavy atom. The predicted molar refractivity (Wildman–Crippen MR) is 486 cm³/mol. The summed E-state index contributed by atoms with van der Waals surface area (Å²) in [6.45, 7) is 14.8. The summed E-state index contributed by atoms with van der Waals surface area (Å²) in [6.07, 6.45) is 3.46. The van der Waals surface area contributed by atoms with Crippen molar-refractivity contribution in [2.45, 2.75) is 60.4 Å². The van der Waals surface area contributed by atoms with Gasteiger partial charge in [-0.3, -0.25) is 62.6 Å². The van der Waals surface area contributed by atoms with Crippen LogP contribution in [-0.4, -0.2) is 192 Å². The largest absolute Gasteiger partial charge is 1.00 e. The molecule has 0 bridgehead atoms. The maximum atomic E-state index is 12.9. The number of thiazole rings is 1. The number of ketones is 4. The van der Waals surface area contributed by atoms with Gasteiger partial charge in [0.2, 0.25) is 5.82 Å². The second-order valence-corrected chi connectivity index (χ2v) is 27.8. The summed E-state index contributed by atoms with van der Waals surface area (Å²) in [5, 5.41) is 72.5. The molecular formula is C91H101F7N15NaO17S. The molecule has 2 saturated heterocycles. The molecule has 2 aliphatic rings. The van der Waals surface area contributed by atoms with Gasteiger partial charge < -0.3 is 78.1 Å². The van der Waals surface area contributed by atoms with Crippen LogP contribution < -0.4 is 57.0 Å². The fourth-order valence-electron chi connectivity index (χ4n) is 11.2. The number of nitrogen functional groups attached to an aromatic ring is 2. The molecule has 13 N–H and O–H groups in total. The number of aliphatic hydroxyl groups excluding tert-OH is 3. The van der Waals surface area contributed by atoms with Gasteiger partial charge in [-0.05, 0) is 236 Å². The molecule has 1 amide bonds. The standard InChI is InChI=1S/C15H11FN2O.C14H11FN2O3.C14H11FN2O2.C14H13FN2O.C11H16N4OS.C8H6FNO3.C6H6FN.C4H10O3.2C2H6O.CH3F.H2NO.Na/c1-10(19)11-2-7-15-14(8-11)17-9-18(15)13-5-3-12(16)4-6-13;1-9(18)10-2-7-13(14(8-10)17(19)20)16-12-5-3-11(15)4-6-12;15-10-2-4-11(5-3-10)17-8-16-12-7-9(14(18)19)1-6-13(12)17;1-9(18)10-2-7-14(13(16)8-10)17-12-5-3-11(15)4-6-12;16-11(10-13-1-6-17-10)15-4-2-14(3-5-15)9-7-12-8-9;1-5(11)6-2-3-7(9)8(4-6)10(12)13;7-5-1-3-6(8)4-2-5;1-5-4(6-2)7-3;2*1-2-3;2*1-2;/h2-9H,1H3;2-8,16H,1H3;1-8,14,18-19H;2-8,17H,16H2,1H3;1,6,9,12H,2-5,7-8H2;2-4H,1H3;1-4H,8H2;4H,1-3H3;2*3H,2H2,1H3;1H3;1-2H;/q;;;;;;;;;;;-1;+1/i;;;;;;;;;;1D;;. The van der Waals surface area contributed by atoms with Crippen LogP contribution in [0.4, 0.5) is 76.2 Å². The molecule has 32 nitrogen and oxygen atoms in total. The number of anilines is 6. The molecule has 0 atom stereocenters. The number of nitro groups is 2. The van der Waals surface area contributed by atoms with Crippen LogP contribution in [0.25, 0.3) is 39.3 Å². The number of carbonyl (C=O) groups is 5. The van der Waals surface area contributed by atoms with Crippen LogP contribution in [0.2, 0.25) is 0 Å². The van der Waals surface area contributed by atoms with Crippen molar-refractivity contribution in [2.24, 2.45) is 0 Å². The Bertz CT molecular complexity index is 5710. The topological polar surface area (TPSA) is 467 Å². The van der Waals surface area contributed by atoms with Crippen molar-refractivity contribution in [3.8, 4) is 11.4 Å². The smallest absolute Gasteiger partial charge is 0.553 e. The number of nitrogens with zero attached hydrogens (tertiary/aromatic N) is 9. The maximum absolute atomic E-state index is 12.9. The number of piperazine rings is 1. The van der Waals surface area contributed by atoms with E-state index in [-0.39, 0.29) is 118 Å². The van der Waals surface area contributed by atoms with Gasteiger partial charge in [-0.1, -0.05) is 6.07 Å². The van der Waals surface area contributed by atoms with Gasteiger partial charge >= 0.3 is 35.2 Å². The average molecular weight is 1870 g/mol. The Morgan fingerprint density at radius 3 is 1.29 bits per heavy atom. The van der Waals surface area contributed by atoms with Crippen molar-refractivity contribution in [3.63, 3.8) is 0 Å². The third-order valence-electron chi connectivity index (χ3n) is 17.8. The minimum absolute atomic E-state index is 0. The number of alkyl halides is 1. The van der Waals surface area contributed by atoms with Crippen LogP contribution in [0.3, 0.4) is 0 Å². The molecule has 2 aliphatic heterocycles. The normalized spacial score (nSPS) is 11.5. The van der Waals surface area contributed by atoms with Crippen LogP contribution in [0.1, 0.15) is 106 Å². The van der Waals surface area contributed by atoms with Crippen molar-refractivity contribution < 1.29 is 135 Å². The summed E-state index contributed by atoms with van der Waals surface area (Å²) in [7, 11) is 3.53. The number of amides is 1. The molecule has 13 aromatic rings. The van der Waals surface area contributed by atoms with Crippen LogP contribution in [0, 0.1) is 55.1 Å². The molecule has 0 saturated carbocycles. The maximum Gasteiger partial charge on any atom is 1.00 e. The van der Waals surface area contributed by atoms with E-state index >= 15 is 0 Å². The zero-order valence-electron chi connectivity index (χ0n) is 74.5. The molecular weight excluding hydrogens is 1760 g/mol. The molecule has 0 unspecified atom stereocenters. The molecule has 2 fully saturated rings. The fraction of sp³-hybridized carbons (Fsp3) is 0.231. The summed E-state index contributed by atoms with van der Waals surface area (Å²) in [5.41, 5.74) is 20.2. The molecule has 3 aromatic heterocycles. The number of imidazole rings is 2. The number of fused-ring (bicyclic) bond motifs is 2.